The summed E-state index contributed by atoms with van der Waals surface area (Å²) in [4.78, 5) is 20.2. The Balaban J connectivity index is 2.35. The lowest BCUT2D eigenvalue weighted by molar-refractivity contribution is 0.881. The molecule has 2 aromatic heterocycles. The molecule has 0 atom stereocenters. The highest BCUT2D eigenvalue weighted by molar-refractivity contribution is 14.1. The number of hydrogen-bond acceptors (Lipinski definition) is 3. The first kappa shape index (κ1) is 11.8. The molecule has 0 radical (unpaired) electrons. The smallest absolute Gasteiger partial charge is 0.264 e. The van der Waals surface area contributed by atoms with Crippen LogP contribution in [0.25, 0.3) is 0 Å². The van der Waals surface area contributed by atoms with E-state index in [1.807, 2.05) is 47.0 Å². The van der Waals surface area contributed by atoms with Gasteiger partial charge >= 0.3 is 0 Å². The van der Waals surface area contributed by atoms with Crippen LogP contribution in [0.2, 0.25) is 0 Å². The lowest BCUT2D eigenvalue weighted by atomic mass is 10.3. The average molecular weight is 346 g/mol. The van der Waals surface area contributed by atoms with Gasteiger partial charge in [-0.05, 0) is 40.5 Å². The van der Waals surface area contributed by atoms with Crippen LogP contribution in [0.1, 0.15) is 23.3 Å². The second-order valence-corrected chi connectivity index (χ2v) is 5.49. The van der Waals surface area contributed by atoms with Crippen LogP contribution in [0.15, 0.2) is 22.3 Å². The van der Waals surface area contributed by atoms with Crippen molar-refractivity contribution in [3.05, 3.63) is 47.8 Å². The fourth-order valence-corrected chi connectivity index (χ4v) is 2.80. The lowest BCUT2D eigenvalue weighted by Crippen LogP contribution is -2.17. The number of thiophene rings is 1. The van der Waals surface area contributed by atoms with E-state index in [2.05, 4.69) is 9.97 Å². The van der Waals surface area contributed by atoms with Gasteiger partial charge in [0.15, 0.2) is 0 Å². The number of nitrogens with zero attached hydrogens (tertiary/aromatic N) is 1. The van der Waals surface area contributed by atoms with E-state index in [9.17, 15) is 4.79 Å². The molecule has 0 aliphatic rings. The molecule has 2 aromatic rings. The quantitative estimate of drug-likeness (QED) is 0.869. The van der Waals surface area contributed by atoms with Crippen molar-refractivity contribution < 1.29 is 0 Å². The SMILES string of the molecule is CCc1nc(Cc2cccs2)[nH]c(=O)c1I. The number of aryl methyl sites for hydroxylation is 1. The van der Waals surface area contributed by atoms with Crippen LogP contribution in [0.3, 0.4) is 0 Å². The zero-order chi connectivity index (χ0) is 11.5. The van der Waals surface area contributed by atoms with Gasteiger partial charge in [0.2, 0.25) is 0 Å². The molecule has 1 N–H and O–H groups in total. The van der Waals surface area contributed by atoms with Gasteiger partial charge < -0.3 is 4.98 Å². The molecule has 0 aromatic carbocycles. The standard InChI is InChI=1S/C11H11IN2OS/c1-2-8-10(12)11(15)14-9(13-8)6-7-4-3-5-16-7/h3-5H,2,6H2,1H3,(H,13,14,15). The van der Waals surface area contributed by atoms with Gasteiger partial charge in [0.05, 0.1) is 9.26 Å². The molecule has 2 rings (SSSR count). The molecule has 0 aliphatic carbocycles. The van der Waals surface area contributed by atoms with Crippen molar-refractivity contribution in [3.63, 3.8) is 0 Å². The van der Waals surface area contributed by atoms with Crippen LogP contribution in [0.5, 0.6) is 0 Å². The molecular formula is C11H11IN2OS. The zero-order valence-corrected chi connectivity index (χ0v) is 11.8. The monoisotopic (exact) mass is 346 g/mol. The van der Waals surface area contributed by atoms with Crippen LogP contribution in [-0.4, -0.2) is 9.97 Å². The summed E-state index contributed by atoms with van der Waals surface area (Å²) >= 11 is 3.73. The van der Waals surface area contributed by atoms with Crippen molar-refractivity contribution in [2.75, 3.05) is 0 Å². The summed E-state index contributed by atoms with van der Waals surface area (Å²) < 4.78 is 0.704. The van der Waals surface area contributed by atoms with Gasteiger partial charge in [-0.1, -0.05) is 13.0 Å². The van der Waals surface area contributed by atoms with Crippen molar-refractivity contribution >= 4 is 33.9 Å². The molecule has 0 unspecified atom stereocenters. The third-order valence-corrected chi connectivity index (χ3v) is 4.23. The average Bonchev–Trinajstić information content (AvgIpc) is 2.76. The zero-order valence-electron chi connectivity index (χ0n) is 8.79. The van der Waals surface area contributed by atoms with Gasteiger partial charge in [-0.25, -0.2) is 4.98 Å². The maximum atomic E-state index is 11.6. The number of halogens is 1. The molecule has 3 nitrogen and oxygen atoms in total. The van der Waals surface area contributed by atoms with Crippen molar-refractivity contribution in [1.82, 2.24) is 9.97 Å². The van der Waals surface area contributed by atoms with Gasteiger partial charge in [-0.15, -0.1) is 11.3 Å². The highest BCUT2D eigenvalue weighted by Crippen LogP contribution is 2.13. The molecule has 84 valence electrons. The number of H-pyrrole nitrogens is 1. The minimum absolute atomic E-state index is 0.0287. The molecular weight excluding hydrogens is 335 g/mol. The third kappa shape index (κ3) is 2.52. The number of rotatable bonds is 3. The number of hydrogen-bond donors (Lipinski definition) is 1. The Hall–Kier alpha value is -0.690. The van der Waals surface area contributed by atoms with Crippen LogP contribution >= 0.6 is 33.9 Å². The fourth-order valence-electron chi connectivity index (χ4n) is 1.45. The minimum Gasteiger partial charge on any atom is -0.309 e. The Labute approximate surface area is 111 Å². The highest BCUT2D eigenvalue weighted by atomic mass is 127. The summed E-state index contributed by atoms with van der Waals surface area (Å²) in [6, 6.07) is 4.06. The van der Waals surface area contributed by atoms with Crippen molar-refractivity contribution in [3.8, 4) is 0 Å². The summed E-state index contributed by atoms with van der Waals surface area (Å²) in [5.41, 5.74) is 0.856. The Morgan fingerprint density at radius 2 is 2.38 bits per heavy atom. The van der Waals surface area contributed by atoms with E-state index in [1.54, 1.807) is 11.3 Å². The first-order valence-electron chi connectivity index (χ1n) is 5.00. The van der Waals surface area contributed by atoms with E-state index < -0.39 is 0 Å². The third-order valence-electron chi connectivity index (χ3n) is 2.24. The Morgan fingerprint density at radius 3 is 3.00 bits per heavy atom. The largest absolute Gasteiger partial charge is 0.309 e. The predicted molar refractivity (Wildman–Crippen MR) is 74.1 cm³/mol. The molecule has 0 saturated heterocycles. The summed E-state index contributed by atoms with van der Waals surface area (Å²) in [5.74, 6) is 0.754. The van der Waals surface area contributed by atoms with Gasteiger partial charge in [0.1, 0.15) is 5.82 Å². The van der Waals surface area contributed by atoms with Crippen molar-refractivity contribution in [2.45, 2.75) is 19.8 Å². The van der Waals surface area contributed by atoms with E-state index in [0.717, 1.165) is 17.9 Å². The van der Waals surface area contributed by atoms with Gasteiger partial charge in [-0.3, -0.25) is 4.79 Å². The lowest BCUT2D eigenvalue weighted by Gasteiger charge is -2.03. The summed E-state index contributed by atoms with van der Waals surface area (Å²) in [5, 5.41) is 2.03. The maximum Gasteiger partial charge on any atom is 0.264 e. The van der Waals surface area contributed by atoms with Crippen LogP contribution in [-0.2, 0) is 12.8 Å². The second kappa shape index (κ2) is 5.09. The Morgan fingerprint density at radius 1 is 1.56 bits per heavy atom. The normalized spacial score (nSPS) is 10.6. The van der Waals surface area contributed by atoms with Crippen molar-refractivity contribution in [1.29, 1.82) is 0 Å². The molecule has 0 fully saturated rings. The topological polar surface area (TPSA) is 45.8 Å². The minimum atomic E-state index is -0.0287. The first-order chi connectivity index (χ1) is 7.70. The van der Waals surface area contributed by atoms with Gasteiger partial charge in [0, 0.05) is 11.3 Å². The van der Waals surface area contributed by atoms with Crippen LogP contribution < -0.4 is 5.56 Å². The Bertz CT molecular complexity index is 533. The van der Waals surface area contributed by atoms with Crippen LogP contribution in [0, 0.1) is 3.57 Å². The first-order valence-corrected chi connectivity index (χ1v) is 6.96. The highest BCUT2D eigenvalue weighted by Gasteiger charge is 2.07. The van der Waals surface area contributed by atoms with E-state index >= 15 is 0 Å². The van der Waals surface area contributed by atoms with E-state index in [4.69, 9.17) is 0 Å². The number of aromatic nitrogens is 2. The summed E-state index contributed by atoms with van der Waals surface area (Å²) in [6.07, 6.45) is 1.50. The molecule has 0 amide bonds. The molecule has 16 heavy (non-hydrogen) atoms. The number of nitrogens with one attached hydrogen (secondary N) is 1. The number of aromatic amines is 1. The van der Waals surface area contributed by atoms with Crippen molar-refractivity contribution in [2.24, 2.45) is 0 Å². The maximum absolute atomic E-state index is 11.6. The van der Waals surface area contributed by atoms with Gasteiger partial charge in [0.25, 0.3) is 5.56 Å². The Kier molecular flexibility index (Phi) is 3.75. The van der Waals surface area contributed by atoms with Crippen LogP contribution in [0.4, 0.5) is 0 Å². The summed E-state index contributed by atoms with van der Waals surface area (Å²) in [6.45, 7) is 2.01. The van der Waals surface area contributed by atoms with Gasteiger partial charge in [-0.2, -0.15) is 0 Å². The second-order valence-electron chi connectivity index (χ2n) is 3.38. The fraction of sp³-hybridized carbons (Fsp3) is 0.273. The molecule has 0 bridgehead atoms. The molecule has 5 heteroatoms. The molecule has 0 aliphatic heterocycles. The summed E-state index contributed by atoms with van der Waals surface area (Å²) in [7, 11) is 0. The molecule has 0 saturated carbocycles. The van der Waals surface area contributed by atoms with E-state index in [1.165, 1.54) is 4.88 Å². The molecule has 2 heterocycles. The van der Waals surface area contributed by atoms with E-state index in [-0.39, 0.29) is 5.56 Å². The molecule has 0 spiro atoms. The predicted octanol–water partition coefficient (Wildman–Crippen LogP) is 2.59. The van der Waals surface area contributed by atoms with E-state index in [0.29, 0.717) is 9.99 Å².